The number of thiophene rings is 1. The number of amides is 1. The van der Waals surface area contributed by atoms with Gasteiger partial charge in [0.15, 0.2) is 0 Å². The molecule has 2 heterocycles. The van der Waals surface area contributed by atoms with Gasteiger partial charge < -0.3 is 9.32 Å². The highest BCUT2D eigenvalue weighted by molar-refractivity contribution is 7.09. The molecule has 0 bridgehead atoms. The molecule has 1 fully saturated rings. The first kappa shape index (κ1) is 15.1. The van der Waals surface area contributed by atoms with Crippen LogP contribution in [0.1, 0.15) is 28.1 Å². The zero-order chi connectivity index (χ0) is 16.5. The highest BCUT2D eigenvalue weighted by Gasteiger charge is 2.34. The Morgan fingerprint density at radius 3 is 2.79 bits per heavy atom. The van der Waals surface area contributed by atoms with E-state index in [1.54, 1.807) is 23.5 Å². The fraction of sp³-hybridized carbons (Fsp3) is 0.263. The topological polar surface area (TPSA) is 50.5 Å². The number of nitrogens with zero attached hydrogens (tertiary/aromatic N) is 1. The summed E-state index contributed by atoms with van der Waals surface area (Å²) in [6.45, 7) is 0.635. The predicted molar refractivity (Wildman–Crippen MR) is 94.6 cm³/mol. The lowest BCUT2D eigenvalue weighted by molar-refractivity contribution is 0.0741. The van der Waals surface area contributed by atoms with Crippen LogP contribution in [0.5, 0.6) is 0 Å². The van der Waals surface area contributed by atoms with Crippen molar-refractivity contribution < 1.29 is 9.21 Å². The van der Waals surface area contributed by atoms with Crippen molar-refractivity contribution in [1.82, 2.24) is 4.90 Å². The molecule has 1 aliphatic carbocycles. The van der Waals surface area contributed by atoms with E-state index in [0.29, 0.717) is 12.1 Å². The zero-order valence-electron chi connectivity index (χ0n) is 13.1. The standard InChI is InChI=1S/C19H17NO3S/c21-18(16-12-13-4-1-2-6-17(13)23-19(16)22)20(14-7-8-14)10-9-15-5-3-11-24-15/h1-6,11-12,14H,7-10H2. The van der Waals surface area contributed by atoms with Gasteiger partial charge in [-0.1, -0.05) is 24.3 Å². The summed E-state index contributed by atoms with van der Waals surface area (Å²) in [5.74, 6) is -0.214. The summed E-state index contributed by atoms with van der Waals surface area (Å²) in [6.07, 6.45) is 2.84. The number of rotatable bonds is 5. The number of carbonyl (C=O) groups is 1. The Kier molecular flexibility index (Phi) is 3.94. The fourth-order valence-corrected chi connectivity index (χ4v) is 3.59. The number of para-hydroxylation sites is 1. The number of benzene rings is 1. The first-order valence-corrected chi connectivity index (χ1v) is 8.96. The van der Waals surface area contributed by atoms with E-state index in [2.05, 4.69) is 6.07 Å². The molecule has 3 aromatic rings. The maximum absolute atomic E-state index is 12.9. The van der Waals surface area contributed by atoms with Crippen LogP contribution in [0.3, 0.4) is 0 Å². The molecular weight excluding hydrogens is 322 g/mol. The van der Waals surface area contributed by atoms with E-state index in [0.717, 1.165) is 24.6 Å². The van der Waals surface area contributed by atoms with Gasteiger partial charge in [0.25, 0.3) is 5.91 Å². The molecule has 24 heavy (non-hydrogen) atoms. The molecule has 1 amide bonds. The van der Waals surface area contributed by atoms with E-state index in [-0.39, 0.29) is 17.5 Å². The van der Waals surface area contributed by atoms with Crippen LogP contribution < -0.4 is 5.63 Å². The summed E-state index contributed by atoms with van der Waals surface area (Å²) < 4.78 is 5.31. The molecule has 4 rings (SSSR count). The lowest BCUT2D eigenvalue weighted by Gasteiger charge is -2.21. The van der Waals surface area contributed by atoms with E-state index >= 15 is 0 Å². The molecule has 0 saturated heterocycles. The molecular formula is C19H17NO3S. The van der Waals surface area contributed by atoms with Crippen LogP contribution in [0.15, 0.2) is 57.1 Å². The van der Waals surface area contributed by atoms with Crippen molar-refractivity contribution in [2.45, 2.75) is 25.3 Å². The highest BCUT2D eigenvalue weighted by atomic mass is 32.1. The number of fused-ring (bicyclic) bond motifs is 1. The summed E-state index contributed by atoms with van der Waals surface area (Å²) in [5.41, 5.74) is 0.0860. The lowest BCUT2D eigenvalue weighted by atomic mass is 10.1. The van der Waals surface area contributed by atoms with Gasteiger partial charge in [0.05, 0.1) is 0 Å². The number of carbonyl (C=O) groups excluding carboxylic acids is 1. The second-order valence-corrected chi connectivity index (χ2v) is 7.08. The van der Waals surface area contributed by atoms with Gasteiger partial charge in [0.2, 0.25) is 0 Å². The SMILES string of the molecule is O=C(c1cc2ccccc2oc1=O)N(CCc1cccs1)C1CC1. The quantitative estimate of drug-likeness (QED) is 0.666. The molecule has 0 atom stereocenters. The van der Waals surface area contributed by atoms with Gasteiger partial charge >= 0.3 is 5.63 Å². The first-order valence-electron chi connectivity index (χ1n) is 8.08. The number of hydrogen-bond acceptors (Lipinski definition) is 4. The first-order chi connectivity index (χ1) is 11.7. The average molecular weight is 339 g/mol. The Labute approximate surface area is 143 Å². The van der Waals surface area contributed by atoms with Gasteiger partial charge in [0.1, 0.15) is 11.1 Å². The van der Waals surface area contributed by atoms with Crippen molar-refractivity contribution in [1.29, 1.82) is 0 Å². The van der Waals surface area contributed by atoms with Crippen LogP contribution in [0, 0.1) is 0 Å². The molecule has 1 aromatic carbocycles. The largest absolute Gasteiger partial charge is 0.422 e. The molecule has 4 nitrogen and oxygen atoms in total. The minimum Gasteiger partial charge on any atom is -0.422 e. The summed E-state index contributed by atoms with van der Waals surface area (Å²) in [4.78, 5) is 28.2. The molecule has 1 saturated carbocycles. The number of hydrogen-bond donors (Lipinski definition) is 0. The molecule has 0 N–H and O–H groups in total. The molecule has 0 aliphatic heterocycles. The molecule has 1 aliphatic rings. The Morgan fingerprint density at radius 1 is 1.21 bits per heavy atom. The molecule has 122 valence electrons. The van der Waals surface area contributed by atoms with Crippen molar-refractivity contribution >= 4 is 28.2 Å². The lowest BCUT2D eigenvalue weighted by Crippen LogP contribution is -2.37. The monoisotopic (exact) mass is 339 g/mol. The minimum absolute atomic E-state index is 0.131. The predicted octanol–water partition coefficient (Wildman–Crippen LogP) is 3.70. The molecule has 2 aromatic heterocycles. The Morgan fingerprint density at radius 2 is 2.04 bits per heavy atom. The van der Waals surface area contributed by atoms with Crippen LogP contribution in [-0.2, 0) is 6.42 Å². The Balaban J connectivity index is 1.62. The van der Waals surface area contributed by atoms with Crippen LogP contribution >= 0.6 is 11.3 Å². The molecule has 0 spiro atoms. The van der Waals surface area contributed by atoms with E-state index in [4.69, 9.17) is 4.42 Å². The minimum atomic E-state index is -0.555. The van der Waals surface area contributed by atoms with Crippen molar-refractivity contribution in [3.63, 3.8) is 0 Å². The third kappa shape index (κ3) is 2.99. The summed E-state index contributed by atoms with van der Waals surface area (Å²) in [5, 5.41) is 2.81. The van der Waals surface area contributed by atoms with Crippen LogP contribution in [0.4, 0.5) is 0 Å². The van der Waals surface area contributed by atoms with Crippen molar-refractivity contribution in [2.24, 2.45) is 0 Å². The molecule has 5 heteroatoms. The van der Waals surface area contributed by atoms with Crippen molar-refractivity contribution in [3.8, 4) is 0 Å². The van der Waals surface area contributed by atoms with Gasteiger partial charge in [-0.25, -0.2) is 4.79 Å². The average Bonchev–Trinajstić information content (AvgIpc) is 3.29. The van der Waals surface area contributed by atoms with Crippen LogP contribution in [0.2, 0.25) is 0 Å². The molecule has 0 unspecified atom stereocenters. The van der Waals surface area contributed by atoms with E-state index in [1.165, 1.54) is 4.88 Å². The highest BCUT2D eigenvalue weighted by Crippen LogP contribution is 2.28. The van der Waals surface area contributed by atoms with E-state index < -0.39 is 5.63 Å². The summed E-state index contributed by atoms with van der Waals surface area (Å²) in [7, 11) is 0. The maximum Gasteiger partial charge on any atom is 0.349 e. The van der Waals surface area contributed by atoms with E-state index in [1.807, 2.05) is 34.5 Å². The van der Waals surface area contributed by atoms with Gasteiger partial charge in [-0.2, -0.15) is 0 Å². The Hall–Kier alpha value is -2.40. The third-order valence-electron chi connectivity index (χ3n) is 4.30. The maximum atomic E-state index is 12.9. The van der Waals surface area contributed by atoms with E-state index in [9.17, 15) is 9.59 Å². The summed E-state index contributed by atoms with van der Waals surface area (Å²) in [6, 6.07) is 13.3. The summed E-state index contributed by atoms with van der Waals surface area (Å²) >= 11 is 1.69. The van der Waals surface area contributed by atoms with Gasteiger partial charge in [0, 0.05) is 22.8 Å². The van der Waals surface area contributed by atoms with Gasteiger partial charge in [-0.05, 0) is 42.8 Å². The normalized spacial score (nSPS) is 14.0. The smallest absolute Gasteiger partial charge is 0.349 e. The van der Waals surface area contributed by atoms with Crippen molar-refractivity contribution in [3.05, 3.63) is 68.7 Å². The second kappa shape index (κ2) is 6.24. The third-order valence-corrected chi connectivity index (χ3v) is 5.24. The Bertz CT molecular complexity index is 925. The fourth-order valence-electron chi connectivity index (χ4n) is 2.89. The van der Waals surface area contributed by atoms with Crippen molar-refractivity contribution in [2.75, 3.05) is 6.54 Å². The van der Waals surface area contributed by atoms with Gasteiger partial charge in [-0.3, -0.25) is 4.79 Å². The zero-order valence-corrected chi connectivity index (χ0v) is 13.9. The second-order valence-electron chi connectivity index (χ2n) is 6.04. The van der Waals surface area contributed by atoms with Crippen LogP contribution in [-0.4, -0.2) is 23.4 Å². The molecule has 0 radical (unpaired) electrons. The van der Waals surface area contributed by atoms with Gasteiger partial charge in [-0.15, -0.1) is 11.3 Å². The van der Waals surface area contributed by atoms with Crippen LogP contribution in [0.25, 0.3) is 11.0 Å².